The summed E-state index contributed by atoms with van der Waals surface area (Å²) in [4.78, 5) is 14.1. The Morgan fingerprint density at radius 2 is 1.63 bits per heavy atom. The van der Waals surface area contributed by atoms with Gasteiger partial charge in [-0.3, -0.25) is 4.90 Å². The second-order valence-corrected chi connectivity index (χ2v) is 7.70. The molecule has 0 spiro atoms. The van der Waals surface area contributed by atoms with E-state index in [9.17, 15) is 0 Å². The van der Waals surface area contributed by atoms with Crippen molar-refractivity contribution in [1.29, 1.82) is 0 Å². The molecule has 0 amide bonds. The minimum absolute atomic E-state index is 0.789. The van der Waals surface area contributed by atoms with Gasteiger partial charge in [-0.25, -0.2) is 9.97 Å². The lowest BCUT2D eigenvalue weighted by Crippen LogP contribution is -2.46. The summed E-state index contributed by atoms with van der Waals surface area (Å²) in [5.41, 5.74) is 3.53. The Kier molecular flexibility index (Phi) is 6.40. The molecule has 1 fully saturated rings. The molecule has 154 valence electrons. The maximum Gasteiger partial charge on any atom is 0.136 e. The third-order valence-electron chi connectivity index (χ3n) is 5.40. The van der Waals surface area contributed by atoms with Crippen LogP contribution in [0.4, 0.5) is 17.3 Å². The zero-order chi connectivity index (χ0) is 20.8. The molecular weight excluding hydrogens is 370 g/mol. The fourth-order valence-electron chi connectivity index (χ4n) is 3.69. The van der Waals surface area contributed by atoms with Gasteiger partial charge in [-0.05, 0) is 31.0 Å². The van der Waals surface area contributed by atoms with Gasteiger partial charge in [0, 0.05) is 44.5 Å². The van der Waals surface area contributed by atoms with E-state index < -0.39 is 0 Å². The van der Waals surface area contributed by atoms with E-state index in [0.29, 0.717) is 0 Å². The van der Waals surface area contributed by atoms with E-state index in [0.717, 1.165) is 55.9 Å². The number of rotatable bonds is 6. The molecule has 3 aromatic rings. The van der Waals surface area contributed by atoms with Crippen molar-refractivity contribution < 1.29 is 0 Å². The predicted molar refractivity (Wildman–Crippen MR) is 125 cm³/mol. The van der Waals surface area contributed by atoms with E-state index in [2.05, 4.69) is 81.6 Å². The molecular formula is C25H29N5. The van der Waals surface area contributed by atoms with Gasteiger partial charge in [0.15, 0.2) is 0 Å². The molecule has 5 heteroatoms. The van der Waals surface area contributed by atoms with Crippen LogP contribution in [0.25, 0.3) is 6.08 Å². The van der Waals surface area contributed by atoms with E-state index >= 15 is 0 Å². The number of nitrogens with zero attached hydrogens (tertiary/aromatic N) is 4. The first-order valence-electron chi connectivity index (χ1n) is 10.5. The van der Waals surface area contributed by atoms with Gasteiger partial charge in [0.1, 0.15) is 17.5 Å². The van der Waals surface area contributed by atoms with Crippen molar-refractivity contribution in [2.75, 3.05) is 42.9 Å². The highest BCUT2D eigenvalue weighted by molar-refractivity contribution is 5.62. The fraction of sp³-hybridized carbons (Fsp3) is 0.280. The molecule has 1 aromatic heterocycles. The van der Waals surface area contributed by atoms with Gasteiger partial charge in [-0.2, -0.15) is 0 Å². The molecule has 30 heavy (non-hydrogen) atoms. The van der Waals surface area contributed by atoms with Crippen LogP contribution < -0.4 is 10.2 Å². The molecule has 0 unspecified atom stereocenters. The Labute approximate surface area is 179 Å². The minimum Gasteiger partial charge on any atom is -0.354 e. The van der Waals surface area contributed by atoms with Crippen LogP contribution in [0.5, 0.6) is 0 Å². The first-order chi connectivity index (χ1) is 14.7. The van der Waals surface area contributed by atoms with Crippen molar-refractivity contribution in [3.63, 3.8) is 0 Å². The lowest BCUT2D eigenvalue weighted by atomic mass is 10.2. The summed E-state index contributed by atoms with van der Waals surface area (Å²) in [6.07, 6.45) is 4.45. The van der Waals surface area contributed by atoms with E-state index in [1.807, 2.05) is 25.1 Å². The van der Waals surface area contributed by atoms with Crippen LogP contribution >= 0.6 is 0 Å². The molecule has 1 N–H and O–H groups in total. The number of aromatic nitrogens is 2. The summed E-state index contributed by atoms with van der Waals surface area (Å²) in [7, 11) is 0. The van der Waals surface area contributed by atoms with Crippen LogP contribution in [0, 0.1) is 13.8 Å². The quantitative estimate of drug-likeness (QED) is 0.652. The fourth-order valence-corrected chi connectivity index (χ4v) is 3.69. The molecule has 1 aliphatic rings. The Morgan fingerprint density at radius 3 is 2.40 bits per heavy atom. The Hall–Kier alpha value is -3.18. The summed E-state index contributed by atoms with van der Waals surface area (Å²) < 4.78 is 0. The van der Waals surface area contributed by atoms with Crippen LogP contribution in [0.2, 0.25) is 0 Å². The van der Waals surface area contributed by atoms with Gasteiger partial charge in [0.2, 0.25) is 0 Å². The molecule has 0 bridgehead atoms. The summed E-state index contributed by atoms with van der Waals surface area (Å²) in [5.74, 6) is 2.63. The highest BCUT2D eigenvalue weighted by Crippen LogP contribution is 2.23. The average molecular weight is 400 g/mol. The molecule has 2 heterocycles. The molecule has 0 saturated carbocycles. The number of anilines is 3. The van der Waals surface area contributed by atoms with Crippen molar-refractivity contribution in [2.24, 2.45) is 0 Å². The third-order valence-corrected chi connectivity index (χ3v) is 5.40. The van der Waals surface area contributed by atoms with Crippen LogP contribution in [0.3, 0.4) is 0 Å². The van der Waals surface area contributed by atoms with Gasteiger partial charge in [0.25, 0.3) is 0 Å². The maximum atomic E-state index is 4.69. The van der Waals surface area contributed by atoms with Crippen molar-refractivity contribution in [1.82, 2.24) is 14.9 Å². The normalized spacial score (nSPS) is 14.9. The molecule has 1 aliphatic heterocycles. The number of hydrogen-bond donors (Lipinski definition) is 1. The number of aryl methyl sites for hydroxylation is 2. The number of hydrogen-bond acceptors (Lipinski definition) is 5. The molecule has 0 atom stereocenters. The lowest BCUT2D eigenvalue weighted by molar-refractivity contribution is 0.283. The van der Waals surface area contributed by atoms with Gasteiger partial charge in [-0.15, -0.1) is 0 Å². The predicted octanol–water partition coefficient (Wildman–Crippen LogP) is 4.67. The summed E-state index contributed by atoms with van der Waals surface area (Å²) in [5, 5.41) is 3.45. The third kappa shape index (κ3) is 5.24. The zero-order valence-corrected chi connectivity index (χ0v) is 17.8. The maximum absolute atomic E-state index is 4.69. The van der Waals surface area contributed by atoms with Gasteiger partial charge >= 0.3 is 0 Å². The Balaban J connectivity index is 1.36. The number of benzene rings is 2. The number of para-hydroxylation sites is 1. The zero-order valence-electron chi connectivity index (χ0n) is 17.8. The van der Waals surface area contributed by atoms with Crippen LogP contribution in [-0.2, 0) is 0 Å². The van der Waals surface area contributed by atoms with Crippen LogP contribution in [0.15, 0.2) is 66.7 Å². The van der Waals surface area contributed by atoms with Crippen molar-refractivity contribution in [3.8, 4) is 0 Å². The second-order valence-electron chi connectivity index (χ2n) is 7.70. The van der Waals surface area contributed by atoms with E-state index in [-0.39, 0.29) is 0 Å². The van der Waals surface area contributed by atoms with Crippen molar-refractivity contribution in [3.05, 3.63) is 83.7 Å². The topological polar surface area (TPSA) is 44.3 Å². The van der Waals surface area contributed by atoms with Crippen molar-refractivity contribution >= 4 is 23.4 Å². The standard InChI is InChI=1S/C25H29N5/c1-20-9-6-7-13-23(20)28-24-19-25(27-21(2)26-24)30-17-15-29(16-18-30)14-8-12-22-10-4-3-5-11-22/h3-13,19H,14-18H2,1-2H3,(H,26,27,28)/b12-8+. The van der Waals surface area contributed by atoms with Gasteiger partial charge < -0.3 is 10.2 Å². The molecule has 2 aromatic carbocycles. The SMILES string of the molecule is Cc1nc(Nc2ccccc2C)cc(N2CCN(C/C=C/c3ccccc3)CC2)n1. The molecule has 0 aliphatic carbocycles. The van der Waals surface area contributed by atoms with Gasteiger partial charge in [0.05, 0.1) is 0 Å². The second kappa shape index (κ2) is 9.55. The van der Waals surface area contributed by atoms with Gasteiger partial charge in [-0.1, -0.05) is 60.7 Å². The monoisotopic (exact) mass is 399 g/mol. The number of nitrogens with one attached hydrogen (secondary N) is 1. The first kappa shape index (κ1) is 20.1. The summed E-state index contributed by atoms with van der Waals surface area (Å²) in [6, 6.07) is 20.8. The Bertz CT molecular complexity index is 991. The molecule has 4 rings (SSSR count). The lowest BCUT2D eigenvalue weighted by Gasteiger charge is -2.35. The Morgan fingerprint density at radius 1 is 0.900 bits per heavy atom. The highest BCUT2D eigenvalue weighted by Gasteiger charge is 2.18. The molecule has 1 saturated heterocycles. The van der Waals surface area contributed by atoms with Crippen LogP contribution in [0.1, 0.15) is 17.0 Å². The minimum atomic E-state index is 0.789. The average Bonchev–Trinajstić information content (AvgIpc) is 2.76. The van der Waals surface area contributed by atoms with E-state index in [1.54, 1.807) is 0 Å². The molecule has 0 radical (unpaired) electrons. The van der Waals surface area contributed by atoms with E-state index in [4.69, 9.17) is 4.98 Å². The highest BCUT2D eigenvalue weighted by atomic mass is 15.3. The van der Waals surface area contributed by atoms with Crippen LogP contribution in [-0.4, -0.2) is 47.6 Å². The first-order valence-corrected chi connectivity index (χ1v) is 10.5. The van der Waals surface area contributed by atoms with Crippen molar-refractivity contribution in [2.45, 2.75) is 13.8 Å². The smallest absolute Gasteiger partial charge is 0.136 e. The molecule has 5 nitrogen and oxygen atoms in total. The summed E-state index contributed by atoms with van der Waals surface area (Å²) >= 11 is 0. The number of piperazine rings is 1. The van der Waals surface area contributed by atoms with E-state index in [1.165, 1.54) is 11.1 Å². The summed E-state index contributed by atoms with van der Waals surface area (Å²) in [6.45, 7) is 9.04. The largest absolute Gasteiger partial charge is 0.354 e.